The minimum absolute atomic E-state index is 0.504. The number of halogens is 1. The molecule has 0 aliphatic rings. The maximum Gasteiger partial charge on any atom is 0.394 e. The van der Waals surface area contributed by atoms with Crippen molar-refractivity contribution in [1.29, 1.82) is 0 Å². The summed E-state index contributed by atoms with van der Waals surface area (Å²) in [6, 6.07) is 16.7. The van der Waals surface area contributed by atoms with Gasteiger partial charge >= 0.3 is 7.60 Å². The molecule has 0 aliphatic carbocycles. The second-order valence-electron chi connectivity index (χ2n) is 5.59. The smallest absolute Gasteiger partial charge is 0.394 e. The summed E-state index contributed by atoms with van der Waals surface area (Å²) in [5.74, 6) is 0. The number of para-hydroxylation sites is 1. The molecule has 3 aromatic rings. The first-order chi connectivity index (χ1) is 13.0. The molecule has 8 heteroatoms. The summed E-state index contributed by atoms with van der Waals surface area (Å²) in [5.41, 5.74) is 2.26. The molecule has 0 spiro atoms. The van der Waals surface area contributed by atoms with Crippen molar-refractivity contribution in [2.75, 3.05) is 14.2 Å². The second-order valence-corrected chi connectivity index (χ2v) is 8.21. The zero-order valence-corrected chi connectivity index (χ0v) is 16.4. The van der Waals surface area contributed by atoms with E-state index in [2.05, 4.69) is 5.10 Å². The Morgan fingerprint density at radius 1 is 1.11 bits per heavy atom. The molecule has 140 valence electrons. The standard InChI is InChI=1S/C19H18ClN2O4P/c1-25-27(24,26-2)18(23)12-15-13-22(17-6-4-3-5-7-17)21-19(15)14-8-10-16(20)11-9-14/h3-13,23H,1-2H3. The van der Waals surface area contributed by atoms with Crippen LogP contribution in [-0.2, 0) is 13.6 Å². The van der Waals surface area contributed by atoms with Crippen molar-refractivity contribution in [1.82, 2.24) is 9.78 Å². The minimum Gasteiger partial charge on any atom is -0.501 e. The molecule has 0 fully saturated rings. The maximum atomic E-state index is 12.4. The van der Waals surface area contributed by atoms with Crippen LogP contribution in [0.4, 0.5) is 0 Å². The van der Waals surface area contributed by atoms with Crippen LogP contribution < -0.4 is 0 Å². The van der Waals surface area contributed by atoms with Crippen molar-refractivity contribution >= 4 is 25.3 Å². The van der Waals surface area contributed by atoms with Crippen molar-refractivity contribution < 1.29 is 18.7 Å². The lowest BCUT2D eigenvalue weighted by Gasteiger charge is -2.12. The van der Waals surface area contributed by atoms with Crippen molar-refractivity contribution in [2.24, 2.45) is 0 Å². The topological polar surface area (TPSA) is 73.6 Å². The van der Waals surface area contributed by atoms with Crippen molar-refractivity contribution in [3.63, 3.8) is 0 Å². The zero-order chi connectivity index (χ0) is 19.4. The number of benzene rings is 2. The van der Waals surface area contributed by atoms with Crippen LogP contribution in [0.5, 0.6) is 0 Å². The molecular weight excluding hydrogens is 387 g/mol. The first kappa shape index (κ1) is 19.4. The Morgan fingerprint density at radius 3 is 2.33 bits per heavy atom. The summed E-state index contributed by atoms with van der Waals surface area (Å²) < 4.78 is 23.8. The summed E-state index contributed by atoms with van der Waals surface area (Å²) in [5, 5.41) is 15.5. The van der Waals surface area contributed by atoms with Gasteiger partial charge in [0, 0.05) is 36.6 Å². The van der Waals surface area contributed by atoms with Gasteiger partial charge in [0.15, 0.2) is 0 Å². The number of hydrogen-bond donors (Lipinski definition) is 1. The van der Waals surface area contributed by atoms with Gasteiger partial charge < -0.3 is 14.2 Å². The van der Waals surface area contributed by atoms with Crippen LogP contribution in [0.25, 0.3) is 23.0 Å². The van der Waals surface area contributed by atoms with Crippen molar-refractivity contribution in [2.45, 2.75) is 0 Å². The molecule has 0 saturated carbocycles. The summed E-state index contributed by atoms with van der Waals surface area (Å²) >= 11 is 5.97. The van der Waals surface area contributed by atoms with Gasteiger partial charge in [-0.2, -0.15) is 5.10 Å². The van der Waals surface area contributed by atoms with E-state index in [9.17, 15) is 9.67 Å². The lowest BCUT2D eigenvalue weighted by Crippen LogP contribution is -1.93. The molecule has 1 heterocycles. The quantitative estimate of drug-likeness (QED) is 0.431. The molecular formula is C19H18ClN2O4P. The molecule has 2 aromatic carbocycles. The Hall–Kier alpha value is -2.37. The van der Waals surface area contributed by atoms with Gasteiger partial charge in [-0.25, -0.2) is 4.68 Å². The summed E-state index contributed by atoms with van der Waals surface area (Å²) in [6.07, 6.45) is 3.06. The Labute approximate surface area is 162 Å². The molecule has 1 N–H and O–H groups in total. The molecule has 0 bridgehead atoms. The second kappa shape index (κ2) is 8.11. The monoisotopic (exact) mass is 404 g/mol. The summed E-state index contributed by atoms with van der Waals surface area (Å²) in [7, 11) is -1.34. The van der Waals surface area contributed by atoms with E-state index < -0.39 is 13.1 Å². The zero-order valence-electron chi connectivity index (χ0n) is 14.7. The molecule has 3 rings (SSSR count). The van der Waals surface area contributed by atoms with E-state index >= 15 is 0 Å². The summed E-state index contributed by atoms with van der Waals surface area (Å²) in [4.78, 5) is 0. The highest BCUT2D eigenvalue weighted by atomic mass is 35.5. The van der Waals surface area contributed by atoms with Gasteiger partial charge in [0.1, 0.15) is 5.69 Å². The van der Waals surface area contributed by atoms with Gasteiger partial charge in [-0.3, -0.25) is 4.57 Å². The van der Waals surface area contributed by atoms with Crippen LogP contribution in [0.3, 0.4) is 0 Å². The predicted octanol–water partition coefficient (Wildman–Crippen LogP) is 5.54. The third kappa shape index (κ3) is 4.15. The number of aliphatic hydroxyl groups excluding tert-OH is 1. The van der Waals surface area contributed by atoms with Crippen LogP contribution in [0.1, 0.15) is 5.56 Å². The van der Waals surface area contributed by atoms with E-state index in [0.29, 0.717) is 16.3 Å². The Morgan fingerprint density at radius 2 is 1.74 bits per heavy atom. The van der Waals surface area contributed by atoms with Crippen LogP contribution in [0.2, 0.25) is 5.02 Å². The van der Waals surface area contributed by atoms with Crippen molar-refractivity contribution in [3.8, 4) is 16.9 Å². The number of nitrogens with zero attached hydrogens (tertiary/aromatic N) is 2. The Balaban J connectivity index is 2.15. The number of hydrogen-bond acceptors (Lipinski definition) is 5. The predicted molar refractivity (Wildman–Crippen MR) is 106 cm³/mol. The van der Waals surface area contributed by atoms with E-state index in [1.165, 1.54) is 20.3 Å². The number of rotatable bonds is 6. The molecule has 0 aliphatic heterocycles. The van der Waals surface area contributed by atoms with E-state index in [4.69, 9.17) is 20.6 Å². The first-order valence-electron chi connectivity index (χ1n) is 8.00. The summed E-state index contributed by atoms with van der Waals surface area (Å²) in [6.45, 7) is 0. The first-order valence-corrected chi connectivity index (χ1v) is 9.92. The molecule has 0 saturated heterocycles. The fourth-order valence-corrected chi connectivity index (χ4v) is 3.46. The fraction of sp³-hybridized carbons (Fsp3) is 0.105. The molecule has 0 unspecified atom stereocenters. The van der Waals surface area contributed by atoms with Crippen molar-refractivity contribution in [3.05, 3.63) is 76.9 Å². The minimum atomic E-state index is -3.76. The van der Waals surface area contributed by atoms with E-state index in [1.807, 2.05) is 42.5 Å². The molecule has 0 atom stereocenters. The Kier molecular flexibility index (Phi) is 5.82. The largest absolute Gasteiger partial charge is 0.501 e. The van der Waals surface area contributed by atoms with Gasteiger partial charge in [0.2, 0.25) is 5.50 Å². The van der Waals surface area contributed by atoms with Gasteiger partial charge in [-0.15, -0.1) is 0 Å². The lowest BCUT2D eigenvalue weighted by atomic mass is 10.1. The third-order valence-electron chi connectivity index (χ3n) is 3.93. The SMILES string of the molecule is COP(=O)(OC)C(O)=Cc1cn(-c2ccccc2)nc1-c1ccc(Cl)cc1. The lowest BCUT2D eigenvalue weighted by molar-refractivity contribution is 0.262. The number of aromatic nitrogens is 2. The van der Waals surface area contributed by atoms with Crippen LogP contribution >= 0.6 is 19.2 Å². The molecule has 6 nitrogen and oxygen atoms in total. The van der Waals surface area contributed by atoms with Crippen LogP contribution in [0, 0.1) is 0 Å². The average molecular weight is 405 g/mol. The van der Waals surface area contributed by atoms with Crippen LogP contribution in [-0.4, -0.2) is 29.1 Å². The highest BCUT2D eigenvalue weighted by Crippen LogP contribution is 2.54. The normalized spacial score (nSPS) is 12.3. The Bertz CT molecular complexity index is 992. The van der Waals surface area contributed by atoms with E-state index in [-0.39, 0.29) is 0 Å². The van der Waals surface area contributed by atoms with Crippen LogP contribution in [0.15, 0.2) is 66.3 Å². The number of aliphatic hydroxyl groups is 1. The van der Waals surface area contributed by atoms with Gasteiger partial charge in [-0.05, 0) is 30.3 Å². The van der Waals surface area contributed by atoms with E-state index in [1.54, 1.807) is 23.0 Å². The van der Waals surface area contributed by atoms with Gasteiger partial charge in [0.25, 0.3) is 0 Å². The van der Waals surface area contributed by atoms with Gasteiger partial charge in [0.05, 0.1) is 5.69 Å². The van der Waals surface area contributed by atoms with Gasteiger partial charge in [-0.1, -0.05) is 41.9 Å². The molecule has 0 amide bonds. The highest BCUT2D eigenvalue weighted by Gasteiger charge is 2.28. The molecule has 1 aromatic heterocycles. The molecule has 27 heavy (non-hydrogen) atoms. The highest BCUT2D eigenvalue weighted by molar-refractivity contribution is 7.58. The fourth-order valence-electron chi connectivity index (χ4n) is 2.52. The third-order valence-corrected chi connectivity index (χ3v) is 5.83. The maximum absolute atomic E-state index is 12.4. The molecule has 0 radical (unpaired) electrons. The van der Waals surface area contributed by atoms with E-state index in [0.717, 1.165) is 11.3 Å². The average Bonchev–Trinajstić information content (AvgIpc) is 3.12.